The first kappa shape index (κ1) is 11.5. The van der Waals surface area contributed by atoms with Gasteiger partial charge in [-0.15, -0.1) is 0 Å². The molecule has 2 N–H and O–H groups in total. The molecular formula is C14H17FN2O. The molecule has 4 heteroatoms. The van der Waals surface area contributed by atoms with Crippen LogP contribution in [0.15, 0.2) is 6.20 Å². The summed E-state index contributed by atoms with van der Waals surface area (Å²) in [6.45, 7) is 3.30. The maximum absolute atomic E-state index is 14.1. The van der Waals surface area contributed by atoms with Crippen LogP contribution in [0.25, 0.3) is 10.9 Å². The largest absolute Gasteiger partial charge is 0.490 e. The number of halogens is 1. The highest BCUT2D eigenvalue weighted by atomic mass is 19.1. The van der Waals surface area contributed by atoms with Gasteiger partial charge in [-0.25, -0.2) is 4.39 Å². The summed E-state index contributed by atoms with van der Waals surface area (Å²) in [6, 6.07) is 0. The zero-order chi connectivity index (χ0) is 12.7. The number of fused-ring (bicyclic) bond motifs is 3. The second-order valence-electron chi connectivity index (χ2n) is 4.76. The van der Waals surface area contributed by atoms with Crippen LogP contribution in [0.1, 0.15) is 16.7 Å². The Morgan fingerprint density at radius 1 is 1.50 bits per heavy atom. The smallest absolute Gasteiger partial charge is 0.170 e. The van der Waals surface area contributed by atoms with E-state index in [0.717, 1.165) is 35.9 Å². The minimum absolute atomic E-state index is 0.211. The van der Waals surface area contributed by atoms with Gasteiger partial charge in [0.25, 0.3) is 0 Å². The SMILES string of the molecule is CNCCc1c[nH]c2c(C)c(F)c3c(c12)CCO3. The number of aromatic nitrogens is 1. The maximum atomic E-state index is 14.1. The number of hydrogen-bond donors (Lipinski definition) is 2. The number of benzene rings is 1. The lowest BCUT2D eigenvalue weighted by atomic mass is 9.99. The van der Waals surface area contributed by atoms with Crippen molar-refractivity contribution < 1.29 is 9.13 Å². The Labute approximate surface area is 105 Å². The van der Waals surface area contributed by atoms with Crippen LogP contribution in [0.3, 0.4) is 0 Å². The van der Waals surface area contributed by atoms with Crippen molar-refractivity contribution in [3.63, 3.8) is 0 Å². The predicted octanol–water partition coefficient (Wildman–Crippen LogP) is 2.31. The van der Waals surface area contributed by atoms with E-state index in [1.807, 2.05) is 13.2 Å². The van der Waals surface area contributed by atoms with Crippen LogP contribution in [0.5, 0.6) is 5.75 Å². The number of hydrogen-bond acceptors (Lipinski definition) is 2. The summed E-state index contributed by atoms with van der Waals surface area (Å²) in [5.41, 5.74) is 3.84. The number of H-pyrrole nitrogens is 1. The van der Waals surface area contributed by atoms with Gasteiger partial charge in [0.2, 0.25) is 0 Å². The van der Waals surface area contributed by atoms with Gasteiger partial charge < -0.3 is 15.0 Å². The number of rotatable bonds is 3. The minimum atomic E-state index is -0.211. The normalized spacial score (nSPS) is 13.9. The molecule has 0 radical (unpaired) electrons. The Hall–Kier alpha value is -1.55. The quantitative estimate of drug-likeness (QED) is 0.874. The van der Waals surface area contributed by atoms with Gasteiger partial charge in [0.05, 0.1) is 12.1 Å². The van der Waals surface area contributed by atoms with Crippen molar-refractivity contribution >= 4 is 10.9 Å². The van der Waals surface area contributed by atoms with E-state index in [2.05, 4.69) is 10.3 Å². The number of aryl methyl sites for hydroxylation is 1. The third-order valence-corrected chi connectivity index (χ3v) is 3.68. The summed E-state index contributed by atoms with van der Waals surface area (Å²) in [7, 11) is 1.94. The van der Waals surface area contributed by atoms with Crippen LogP contribution in [-0.4, -0.2) is 25.2 Å². The van der Waals surface area contributed by atoms with Gasteiger partial charge >= 0.3 is 0 Å². The molecule has 0 atom stereocenters. The second-order valence-corrected chi connectivity index (χ2v) is 4.76. The van der Waals surface area contributed by atoms with Gasteiger partial charge in [-0.1, -0.05) is 0 Å². The average molecular weight is 248 g/mol. The molecule has 3 nitrogen and oxygen atoms in total. The predicted molar refractivity (Wildman–Crippen MR) is 69.8 cm³/mol. The van der Waals surface area contributed by atoms with E-state index in [-0.39, 0.29) is 5.82 Å². The molecule has 2 heterocycles. The van der Waals surface area contributed by atoms with Crippen molar-refractivity contribution in [3.05, 3.63) is 28.7 Å². The van der Waals surface area contributed by atoms with Crippen molar-refractivity contribution in [1.82, 2.24) is 10.3 Å². The summed E-state index contributed by atoms with van der Waals surface area (Å²) < 4.78 is 19.6. The fourth-order valence-electron chi connectivity index (χ4n) is 2.73. The molecular weight excluding hydrogens is 231 g/mol. The molecule has 0 fully saturated rings. The fourth-order valence-corrected chi connectivity index (χ4v) is 2.73. The zero-order valence-corrected chi connectivity index (χ0v) is 10.7. The Morgan fingerprint density at radius 3 is 3.11 bits per heavy atom. The lowest BCUT2D eigenvalue weighted by Gasteiger charge is -2.08. The van der Waals surface area contributed by atoms with E-state index < -0.39 is 0 Å². The first-order valence-corrected chi connectivity index (χ1v) is 6.32. The molecule has 0 saturated heterocycles. The lowest BCUT2D eigenvalue weighted by molar-refractivity contribution is 0.338. The van der Waals surface area contributed by atoms with Crippen LogP contribution < -0.4 is 10.1 Å². The van der Waals surface area contributed by atoms with Crippen LogP contribution in [0, 0.1) is 12.7 Å². The summed E-state index contributed by atoms with van der Waals surface area (Å²) in [4.78, 5) is 3.21. The molecule has 1 aliphatic rings. The van der Waals surface area contributed by atoms with Crippen LogP contribution in [-0.2, 0) is 12.8 Å². The molecule has 3 rings (SSSR count). The van der Waals surface area contributed by atoms with E-state index in [9.17, 15) is 4.39 Å². The Kier molecular flexibility index (Phi) is 2.74. The molecule has 0 aliphatic carbocycles. The highest BCUT2D eigenvalue weighted by Gasteiger charge is 2.25. The van der Waals surface area contributed by atoms with Gasteiger partial charge in [0.15, 0.2) is 11.6 Å². The van der Waals surface area contributed by atoms with Gasteiger partial charge in [-0.05, 0) is 32.5 Å². The van der Waals surface area contributed by atoms with Crippen LogP contribution >= 0.6 is 0 Å². The lowest BCUT2D eigenvalue weighted by Crippen LogP contribution is -2.10. The van der Waals surface area contributed by atoms with E-state index >= 15 is 0 Å². The molecule has 1 aromatic carbocycles. The molecule has 1 aliphatic heterocycles. The zero-order valence-electron chi connectivity index (χ0n) is 10.7. The summed E-state index contributed by atoms with van der Waals surface area (Å²) in [5.74, 6) is 0.252. The third-order valence-electron chi connectivity index (χ3n) is 3.68. The van der Waals surface area contributed by atoms with Crippen LogP contribution in [0.4, 0.5) is 4.39 Å². The molecule has 0 unspecified atom stereocenters. The Bertz CT molecular complexity index is 604. The summed E-state index contributed by atoms with van der Waals surface area (Å²) in [5, 5.41) is 4.31. The van der Waals surface area contributed by atoms with E-state index in [1.54, 1.807) is 6.92 Å². The monoisotopic (exact) mass is 248 g/mol. The molecule has 0 amide bonds. The fraction of sp³-hybridized carbons (Fsp3) is 0.429. The minimum Gasteiger partial charge on any atom is -0.490 e. The van der Waals surface area contributed by atoms with Gasteiger partial charge in [-0.3, -0.25) is 0 Å². The van der Waals surface area contributed by atoms with Crippen LogP contribution in [0.2, 0.25) is 0 Å². The van der Waals surface area contributed by atoms with Gasteiger partial charge in [-0.2, -0.15) is 0 Å². The second kappa shape index (κ2) is 4.28. The van der Waals surface area contributed by atoms with Gasteiger partial charge in [0.1, 0.15) is 0 Å². The Balaban J connectivity index is 2.24. The first-order valence-electron chi connectivity index (χ1n) is 6.32. The molecule has 0 saturated carbocycles. The highest BCUT2D eigenvalue weighted by Crippen LogP contribution is 2.39. The standard InChI is InChI=1S/C14H17FN2O/c1-8-12(15)14-10(4-6-18-14)11-9(3-5-16-2)7-17-13(8)11/h7,16-17H,3-6H2,1-2H3. The molecule has 2 aromatic rings. The maximum Gasteiger partial charge on any atom is 0.170 e. The molecule has 0 spiro atoms. The summed E-state index contributed by atoms with van der Waals surface area (Å²) >= 11 is 0. The van der Waals surface area contributed by atoms with Crippen molar-refractivity contribution in [1.29, 1.82) is 0 Å². The van der Waals surface area contributed by atoms with E-state index in [1.165, 1.54) is 5.56 Å². The van der Waals surface area contributed by atoms with Crippen molar-refractivity contribution in [3.8, 4) is 5.75 Å². The average Bonchev–Trinajstić information content (AvgIpc) is 2.99. The Morgan fingerprint density at radius 2 is 2.33 bits per heavy atom. The van der Waals surface area contributed by atoms with E-state index in [0.29, 0.717) is 17.9 Å². The molecule has 96 valence electrons. The highest BCUT2D eigenvalue weighted by molar-refractivity contribution is 5.92. The summed E-state index contributed by atoms with van der Waals surface area (Å²) in [6.07, 6.45) is 3.73. The first-order chi connectivity index (χ1) is 8.74. The molecule has 1 aromatic heterocycles. The number of aromatic amines is 1. The molecule has 18 heavy (non-hydrogen) atoms. The van der Waals surface area contributed by atoms with Crippen molar-refractivity contribution in [2.45, 2.75) is 19.8 Å². The third kappa shape index (κ3) is 1.52. The van der Waals surface area contributed by atoms with E-state index in [4.69, 9.17) is 4.74 Å². The van der Waals surface area contributed by atoms with Gasteiger partial charge in [0, 0.05) is 29.1 Å². The van der Waals surface area contributed by atoms with Crippen molar-refractivity contribution in [2.24, 2.45) is 0 Å². The van der Waals surface area contributed by atoms with Crippen molar-refractivity contribution in [2.75, 3.05) is 20.2 Å². The number of nitrogens with one attached hydrogen (secondary N) is 2. The molecule has 0 bridgehead atoms. The number of likely N-dealkylation sites (N-methyl/N-ethyl adjacent to an activating group) is 1. The number of ether oxygens (including phenoxy) is 1. The topological polar surface area (TPSA) is 37.0 Å².